The number of nitrogens with zero attached hydrogens (tertiary/aromatic N) is 2. The summed E-state index contributed by atoms with van der Waals surface area (Å²) in [6, 6.07) is 8.60. The SMILES string of the molecule is Cc1ccc(NC(=O)Cn2c(C)nc(Cl)cc2=O)cc1. The second-order valence-electron chi connectivity index (χ2n) is 4.46. The Balaban J connectivity index is 2.12. The molecule has 0 aliphatic carbocycles. The third kappa shape index (κ3) is 3.45. The molecule has 0 spiro atoms. The molecule has 0 saturated heterocycles. The first-order valence-corrected chi connectivity index (χ1v) is 6.44. The van der Waals surface area contributed by atoms with Crippen molar-refractivity contribution < 1.29 is 4.79 Å². The van der Waals surface area contributed by atoms with Gasteiger partial charge in [-0.3, -0.25) is 14.2 Å². The van der Waals surface area contributed by atoms with E-state index in [9.17, 15) is 9.59 Å². The molecule has 0 aliphatic heterocycles. The second kappa shape index (κ2) is 5.88. The van der Waals surface area contributed by atoms with Crippen LogP contribution in [0.1, 0.15) is 11.4 Å². The van der Waals surface area contributed by atoms with Crippen LogP contribution < -0.4 is 10.9 Å². The van der Waals surface area contributed by atoms with E-state index in [1.165, 1.54) is 10.6 Å². The maximum Gasteiger partial charge on any atom is 0.255 e. The number of rotatable bonds is 3. The van der Waals surface area contributed by atoms with Crippen LogP contribution in [0, 0.1) is 13.8 Å². The zero-order valence-corrected chi connectivity index (χ0v) is 11.9. The number of benzene rings is 1. The predicted molar refractivity (Wildman–Crippen MR) is 78.1 cm³/mol. The Morgan fingerprint density at radius 3 is 2.55 bits per heavy atom. The van der Waals surface area contributed by atoms with Crippen molar-refractivity contribution in [3.63, 3.8) is 0 Å². The van der Waals surface area contributed by atoms with Crippen molar-refractivity contribution in [1.29, 1.82) is 0 Å². The minimum atomic E-state index is -0.346. The largest absolute Gasteiger partial charge is 0.325 e. The van der Waals surface area contributed by atoms with Gasteiger partial charge in [0.2, 0.25) is 5.91 Å². The monoisotopic (exact) mass is 291 g/mol. The van der Waals surface area contributed by atoms with Crippen molar-refractivity contribution >= 4 is 23.2 Å². The number of hydrogen-bond acceptors (Lipinski definition) is 3. The van der Waals surface area contributed by atoms with Crippen molar-refractivity contribution in [2.45, 2.75) is 20.4 Å². The molecule has 1 aromatic carbocycles. The average molecular weight is 292 g/mol. The summed E-state index contributed by atoms with van der Waals surface area (Å²) < 4.78 is 1.27. The molecule has 0 bridgehead atoms. The summed E-state index contributed by atoms with van der Waals surface area (Å²) in [6.45, 7) is 3.50. The minimum absolute atomic E-state index is 0.0945. The minimum Gasteiger partial charge on any atom is -0.325 e. The normalized spacial score (nSPS) is 10.3. The lowest BCUT2D eigenvalue weighted by molar-refractivity contribution is -0.116. The summed E-state index contributed by atoms with van der Waals surface area (Å²) in [4.78, 5) is 27.6. The summed E-state index contributed by atoms with van der Waals surface area (Å²) in [5.41, 5.74) is 1.45. The van der Waals surface area contributed by atoms with Crippen molar-refractivity contribution in [1.82, 2.24) is 9.55 Å². The Hall–Kier alpha value is -2.14. The van der Waals surface area contributed by atoms with Gasteiger partial charge in [-0.05, 0) is 26.0 Å². The summed E-state index contributed by atoms with van der Waals surface area (Å²) in [7, 11) is 0. The van der Waals surface area contributed by atoms with E-state index < -0.39 is 0 Å². The fourth-order valence-electron chi connectivity index (χ4n) is 1.76. The topological polar surface area (TPSA) is 64.0 Å². The summed E-state index contributed by atoms with van der Waals surface area (Å²) >= 11 is 5.68. The van der Waals surface area contributed by atoms with Gasteiger partial charge in [-0.1, -0.05) is 29.3 Å². The molecule has 1 amide bonds. The third-order valence-electron chi connectivity index (χ3n) is 2.80. The van der Waals surface area contributed by atoms with E-state index >= 15 is 0 Å². The lowest BCUT2D eigenvalue weighted by Gasteiger charge is -2.10. The molecular weight excluding hydrogens is 278 g/mol. The van der Waals surface area contributed by atoms with E-state index in [2.05, 4.69) is 10.3 Å². The van der Waals surface area contributed by atoms with E-state index in [1.807, 2.05) is 31.2 Å². The molecule has 0 unspecified atom stereocenters. The van der Waals surface area contributed by atoms with Gasteiger partial charge in [-0.2, -0.15) is 0 Å². The van der Waals surface area contributed by atoms with E-state index in [4.69, 9.17) is 11.6 Å². The first kappa shape index (κ1) is 14.3. The Bertz CT molecular complexity index is 693. The van der Waals surface area contributed by atoms with Crippen LogP contribution in [0.25, 0.3) is 0 Å². The van der Waals surface area contributed by atoms with Crippen LogP contribution in [0.2, 0.25) is 5.15 Å². The van der Waals surface area contributed by atoms with Gasteiger partial charge in [0.05, 0.1) is 0 Å². The number of aryl methyl sites for hydroxylation is 2. The van der Waals surface area contributed by atoms with Crippen LogP contribution in [0.15, 0.2) is 35.1 Å². The summed E-state index contributed by atoms with van der Waals surface area (Å²) in [5.74, 6) is 0.115. The van der Waals surface area contributed by atoms with Gasteiger partial charge in [0.25, 0.3) is 5.56 Å². The Kier molecular flexibility index (Phi) is 4.20. The fraction of sp³-hybridized carbons (Fsp3) is 0.214. The predicted octanol–water partition coefficient (Wildman–Crippen LogP) is 2.15. The Morgan fingerprint density at radius 1 is 1.30 bits per heavy atom. The molecule has 1 aromatic heterocycles. The summed E-state index contributed by atoms with van der Waals surface area (Å²) in [6.07, 6.45) is 0. The van der Waals surface area contributed by atoms with E-state index in [0.717, 1.165) is 5.56 Å². The van der Waals surface area contributed by atoms with Crippen molar-refractivity contribution in [3.05, 3.63) is 57.2 Å². The van der Waals surface area contributed by atoms with E-state index in [-0.39, 0.29) is 23.2 Å². The first-order chi connectivity index (χ1) is 9.45. The molecule has 2 aromatic rings. The molecule has 5 nitrogen and oxygen atoms in total. The zero-order valence-electron chi connectivity index (χ0n) is 11.2. The van der Waals surface area contributed by atoms with Crippen molar-refractivity contribution in [2.75, 3.05) is 5.32 Å². The van der Waals surface area contributed by atoms with Crippen LogP contribution in [0.5, 0.6) is 0 Å². The van der Waals surface area contributed by atoms with Crippen molar-refractivity contribution in [2.24, 2.45) is 0 Å². The average Bonchev–Trinajstić information content (AvgIpc) is 2.36. The van der Waals surface area contributed by atoms with Gasteiger partial charge in [0, 0.05) is 11.8 Å². The van der Waals surface area contributed by atoms with Gasteiger partial charge in [-0.15, -0.1) is 0 Å². The second-order valence-corrected chi connectivity index (χ2v) is 4.85. The lowest BCUT2D eigenvalue weighted by atomic mass is 10.2. The number of aromatic nitrogens is 2. The highest BCUT2D eigenvalue weighted by Crippen LogP contribution is 2.08. The molecular formula is C14H14ClN3O2. The number of carbonyl (C=O) groups excluding carboxylic acids is 1. The highest BCUT2D eigenvalue weighted by atomic mass is 35.5. The molecule has 20 heavy (non-hydrogen) atoms. The molecule has 0 radical (unpaired) electrons. The van der Waals surface area contributed by atoms with Crippen LogP contribution in [-0.4, -0.2) is 15.5 Å². The summed E-state index contributed by atoms with van der Waals surface area (Å²) in [5, 5.41) is 2.85. The molecule has 2 rings (SSSR count). The maximum atomic E-state index is 11.9. The molecule has 0 aliphatic rings. The lowest BCUT2D eigenvalue weighted by Crippen LogP contribution is -2.29. The first-order valence-electron chi connectivity index (χ1n) is 6.06. The Morgan fingerprint density at radius 2 is 1.95 bits per heavy atom. The van der Waals surface area contributed by atoms with Crippen LogP contribution >= 0.6 is 11.6 Å². The third-order valence-corrected chi connectivity index (χ3v) is 3.00. The van der Waals surface area contributed by atoms with Crippen LogP contribution in [0.3, 0.4) is 0 Å². The molecule has 0 saturated carbocycles. The van der Waals surface area contributed by atoms with Crippen LogP contribution in [-0.2, 0) is 11.3 Å². The van der Waals surface area contributed by atoms with Gasteiger partial charge in [0.15, 0.2) is 0 Å². The molecule has 104 valence electrons. The number of carbonyl (C=O) groups is 1. The van der Waals surface area contributed by atoms with Gasteiger partial charge in [-0.25, -0.2) is 4.98 Å². The number of halogens is 1. The highest BCUT2D eigenvalue weighted by molar-refractivity contribution is 6.29. The van der Waals surface area contributed by atoms with Gasteiger partial charge in [0.1, 0.15) is 17.5 Å². The Labute approximate surface area is 121 Å². The van der Waals surface area contributed by atoms with E-state index in [1.54, 1.807) is 6.92 Å². The number of nitrogens with one attached hydrogen (secondary N) is 1. The standard InChI is InChI=1S/C14H14ClN3O2/c1-9-3-5-11(6-4-9)17-13(19)8-18-10(2)16-12(15)7-14(18)20/h3-7H,8H2,1-2H3,(H,17,19). The smallest absolute Gasteiger partial charge is 0.255 e. The number of amides is 1. The van der Waals surface area contributed by atoms with Gasteiger partial charge < -0.3 is 5.32 Å². The maximum absolute atomic E-state index is 11.9. The van der Waals surface area contributed by atoms with Crippen LogP contribution in [0.4, 0.5) is 5.69 Å². The van der Waals surface area contributed by atoms with Crippen molar-refractivity contribution in [3.8, 4) is 0 Å². The molecule has 0 fully saturated rings. The molecule has 6 heteroatoms. The fourth-order valence-corrected chi connectivity index (χ4v) is 1.98. The molecule has 1 N–H and O–H groups in total. The molecule has 1 heterocycles. The number of hydrogen-bond donors (Lipinski definition) is 1. The zero-order chi connectivity index (χ0) is 14.7. The van der Waals surface area contributed by atoms with Gasteiger partial charge >= 0.3 is 0 Å². The molecule has 0 atom stereocenters. The van der Waals surface area contributed by atoms with E-state index in [0.29, 0.717) is 11.5 Å². The highest BCUT2D eigenvalue weighted by Gasteiger charge is 2.09. The quantitative estimate of drug-likeness (QED) is 0.881. The number of anilines is 1.